The summed E-state index contributed by atoms with van der Waals surface area (Å²) in [6.45, 7) is 9.41. The second kappa shape index (κ2) is 12.6. The zero-order valence-corrected chi connectivity index (χ0v) is 24.6. The van der Waals surface area contributed by atoms with Gasteiger partial charge in [0.1, 0.15) is 11.4 Å². The van der Waals surface area contributed by atoms with Crippen LogP contribution in [0.1, 0.15) is 38.5 Å². The lowest BCUT2D eigenvalue weighted by Crippen LogP contribution is -2.46. The Balaban J connectivity index is 1.55. The van der Waals surface area contributed by atoms with Crippen molar-refractivity contribution in [1.29, 1.82) is 0 Å². The summed E-state index contributed by atoms with van der Waals surface area (Å²) < 4.78 is 11.2. The van der Waals surface area contributed by atoms with Gasteiger partial charge in [0.25, 0.3) is 0 Å². The van der Waals surface area contributed by atoms with Gasteiger partial charge in [-0.1, -0.05) is 12.1 Å². The van der Waals surface area contributed by atoms with Crippen LogP contribution in [0.5, 0.6) is 0 Å². The minimum atomic E-state index is -0.764. The molecule has 4 heterocycles. The highest BCUT2D eigenvalue weighted by Crippen LogP contribution is 2.33. The molecule has 2 aliphatic rings. The molecule has 0 aliphatic carbocycles. The van der Waals surface area contributed by atoms with Gasteiger partial charge >= 0.3 is 6.09 Å². The maximum Gasteiger partial charge on any atom is 0.421 e. The molecule has 0 saturated carbocycles. The summed E-state index contributed by atoms with van der Waals surface area (Å²) in [4.78, 5) is 42.0. The van der Waals surface area contributed by atoms with Gasteiger partial charge in [-0.05, 0) is 71.0 Å². The number of aliphatic hydroxyl groups excluding tert-OH is 1. The number of nitrogens with zero attached hydrogens (tertiary/aromatic N) is 4. The molecule has 0 atom stereocenters. The van der Waals surface area contributed by atoms with Crippen molar-refractivity contribution in [3.8, 4) is 22.0 Å². The Hall–Kier alpha value is -3.38. The standard InChI is InChI=1S/C30H37N5O5S/c1-30(2,3)40-29(38)35(28(37)20-9-11-31-12-10-20)22-6-4-5-21(17-22)27-32-24(25-8-7-23(19-36)41-25)18-26(33-27)34-13-15-39-16-14-34/h4-8,17-18,20,31,36H,9-16,19H2,1-3H3. The number of thiophene rings is 1. The smallest absolute Gasteiger partial charge is 0.421 e. The minimum absolute atomic E-state index is 0.0352. The van der Waals surface area contributed by atoms with E-state index in [1.54, 1.807) is 39.0 Å². The molecule has 2 saturated heterocycles. The molecule has 41 heavy (non-hydrogen) atoms. The van der Waals surface area contributed by atoms with Crippen molar-refractivity contribution in [3.63, 3.8) is 0 Å². The van der Waals surface area contributed by atoms with E-state index in [1.165, 1.54) is 16.2 Å². The van der Waals surface area contributed by atoms with E-state index in [1.807, 2.05) is 24.3 Å². The number of aromatic nitrogens is 2. The first-order chi connectivity index (χ1) is 19.7. The zero-order chi connectivity index (χ0) is 29.0. The second-order valence-corrected chi connectivity index (χ2v) is 12.4. The fourth-order valence-corrected chi connectivity index (χ4v) is 5.74. The number of rotatable bonds is 6. The molecule has 1 aromatic carbocycles. The second-order valence-electron chi connectivity index (χ2n) is 11.2. The lowest BCUT2D eigenvalue weighted by atomic mass is 9.96. The number of ether oxygens (including phenoxy) is 2. The van der Waals surface area contributed by atoms with Crippen molar-refractivity contribution in [1.82, 2.24) is 15.3 Å². The highest BCUT2D eigenvalue weighted by molar-refractivity contribution is 7.15. The monoisotopic (exact) mass is 579 g/mol. The fourth-order valence-electron chi connectivity index (χ4n) is 4.91. The topological polar surface area (TPSA) is 117 Å². The first-order valence-corrected chi connectivity index (χ1v) is 14.8. The van der Waals surface area contributed by atoms with Gasteiger partial charge in [-0.25, -0.2) is 19.7 Å². The maximum atomic E-state index is 13.7. The minimum Gasteiger partial charge on any atom is -0.443 e. The van der Waals surface area contributed by atoms with E-state index >= 15 is 0 Å². The normalized spacial score (nSPS) is 16.4. The van der Waals surface area contributed by atoms with Gasteiger partial charge in [0.05, 0.1) is 36.1 Å². The van der Waals surface area contributed by atoms with Crippen LogP contribution in [-0.4, -0.2) is 72.1 Å². The number of benzene rings is 1. The Morgan fingerprint density at radius 3 is 2.56 bits per heavy atom. The van der Waals surface area contributed by atoms with Gasteiger partial charge in [-0.3, -0.25) is 4.79 Å². The molecule has 2 amide bonds. The van der Waals surface area contributed by atoms with E-state index in [9.17, 15) is 14.7 Å². The van der Waals surface area contributed by atoms with Crippen molar-refractivity contribution < 1.29 is 24.2 Å². The van der Waals surface area contributed by atoms with Crippen molar-refractivity contribution in [2.24, 2.45) is 5.92 Å². The van der Waals surface area contributed by atoms with E-state index in [-0.39, 0.29) is 18.4 Å². The molecule has 10 nitrogen and oxygen atoms in total. The van der Waals surface area contributed by atoms with Crippen LogP contribution in [0.15, 0.2) is 42.5 Å². The molecule has 2 aliphatic heterocycles. The number of carbonyl (C=O) groups is 2. The molecule has 0 bridgehead atoms. The lowest BCUT2D eigenvalue weighted by Gasteiger charge is -2.30. The molecular formula is C30H37N5O5S. The van der Waals surface area contributed by atoms with Crippen LogP contribution in [0.2, 0.25) is 0 Å². The number of hydrogen-bond donors (Lipinski definition) is 2. The molecule has 0 radical (unpaired) electrons. The van der Waals surface area contributed by atoms with Gasteiger partial charge in [0, 0.05) is 35.5 Å². The first kappa shape index (κ1) is 29.1. The van der Waals surface area contributed by atoms with Crippen LogP contribution >= 0.6 is 11.3 Å². The van der Waals surface area contributed by atoms with Crippen molar-refractivity contribution >= 4 is 34.8 Å². The van der Waals surface area contributed by atoms with Crippen molar-refractivity contribution in [3.05, 3.63) is 47.3 Å². The van der Waals surface area contributed by atoms with Crippen LogP contribution in [0.3, 0.4) is 0 Å². The van der Waals surface area contributed by atoms with Gasteiger partial charge in [0.2, 0.25) is 5.91 Å². The molecule has 0 spiro atoms. The summed E-state index contributed by atoms with van der Waals surface area (Å²) in [5, 5.41) is 12.9. The van der Waals surface area contributed by atoms with Gasteiger partial charge in [0.15, 0.2) is 5.82 Å². The summed E-state index contributed by atoms with van der Waals surface area (Å²) in [7, 11) is 0. The summed E-state index contributed by atoms with van der Waals surface area (Å²) in [6, 6.07) is 13.0. The predicted molar refractivity (Wildman–Crippen MR) is 159 cm³/mol. The molecule has 0 unspecified atom stereocenters. The average Bonchev–Trinajstić information content (AvgIpc) is 3.47. The number of piperidine rings is 1. The first-order valence-electron chi connectivity index (χ1n) is 14.0. The quantitative estimate of drug-likeness (QED) is 0.436. The Kier molecular flexibility index (Phi) is 8.98. The third-order valence-electron chi connectivity index (χ3n) is 6.97. The molecule has 218 valence electrons. The number of imide groups is 1. The molecule has 2 aromatic heterocycles. The van der Waals surface area contributed by atoms with E-state index in [0.29, 0.717) is 56.2 Å². The third kappa shape index (κ3) is 7.10. The van der Waals surface area contributed by atoms with E-state index in [0.717, 1.165) is 34.4 Å². The van der Waals surface area contributed by atoms with Gasteiger partial charge in [-0.2, -0.15) is 0 Å². The number of amides is 2. The van der Waals surface area contributed by atoms with E-state index in [2.05, 4.69) is 10.2 Å². The summed E-state index contributed by atoms with van der Waals surface area (Å²) >= 11 is 1.48. The molecule has 2 N–H and O–H groups in total. The van der Waals surface area contributed by atoms with Crippen LogP contribution in [0.4, 0.5) is 16.3 Å². The number of hydrogen-bond acceptors (Lipinski definition) is 10. The van der Waals surface area contributed by atoms with Crippen molar-refractivity contribution in [2.45, 2.75) is 45.8 Å². The van der Waals surface area contributed by atoms with Gasteiger partial charge < -0.3 is 24.8 Å². The number of nitrogens with one attached hydrogen (secondary N) is 1. The predicted octanol–water partition coefficient (Wildman–Crippen LogP) is 4.47. The highest BCUT2D eigenvalue weighted by Gasteiger charge is 2.34. The van der Waals surface area contributed by atoms with Crippen molar-refractivity contribution in [2.75, 3.05) is 49.2 Å². The summed E-state index contributed by atoms with van der Waals surface area (Å²) in [5.41, 5.74) is 1.06. The fraction of sp³-hybridized carbons (Fsp3) is 0.467. The van der Waals surface area contributed by atoms with Crippen LogP contribution in [0, 0.1) is 5.92 Å². The van der Waals surface area contributed by atoms with E-state index < -0.39 is 11.7 Å². The number of carbonyl (C=O) groups excluding carboxylic acids is 2. The van der Waals surface area contributed by atoms with Gasteiger partial charge in [-0.15, -0.1) is 11.3 Å². The van der Waals surface area contributed by atoms with Crippen LogP contribution in [-0.2, 0) is 20.9 Å². The van der Waals surface area contributed by atoms with Crippen LogP contribution in [0.25, 0.3) is 22.0 Å². The maximum absolute atomic E-state index is 13.7. The highest BCUT2D eigenvalue weighted by atomic mass is 32.1. The molecule has 5 rings (SSSR count). The Morgan fingerprint density at radius 2 is 1.88 bits per heavy atom. The Morgan fingerprint density at radius 1 is 1.12 bits per heavy atom. The number of anilines is 2. The largest absolute Gasteiger partial charge is 0.443 e. The molecule has 2 fully saturated rings. The third-order valence-corrected chi connectivity index (χ3v) is 8.06. The summed E-state index contributed by atoms with van der Waals surface area (Å²) in [6.07, 6.45) is 0.613. The lowest BCUT2D eigenvalue weighted by molar-refractivity contribution is -0.122. The average molecular weight is 580 g/mol. The Labute approximate surface area is 244 Å². The summed E-state index contributed by atoms with van der Waals surface area (Å²) in [5.74, 6) is 0.701. The van der Waals surface area contributed by atoms with E-state index in [4.69, 9.17) is 19.4 Å². The SMILES string of the molecule is CC(C)(C)OC(=O)N(C(=O)C1CCNCC1)c1cccc(-c2nc(-c3ccc(CO)s3)cc(N3CCOCC3)n2)c1. The number of aliphatic hydroxyl groups is 1. The van der Waals surface area contributed by atoms with Crippen LogP contribution < -0.4 is 15.1 Å². The molecule has 11 heteroatoms. The molecular weight excluding hydrogens is 542 g/mol. The zero-order valence-electron chi connectivity index (χ0n) is 23.8. The number of morpholine rings is 1. The molecule has 3 aromatic rings. The Bertz CT molecular complexity index is 1380.